The van der Waals surface area contributed by atoms with Gasteiger partial charge in [-0.15, -0.1) is 0 Å². The van der Waals surface area contributed by atoms with Gasteiger partial charge in [-0.1, -0.05) is 18.2 Å². The van der Waals surface area contributed by atoms with Crippen LogP contribution in [-0.4, -0.2) is 49.5 Å². The summed E-state index contributed by atoms with van der Waals surface area (Å²) in [5.74, 6) is 0.611. The largest absolute Gasteiger partial charge is 0.376 e. The van der Waals surface area contributed by atoms with Crippen LogP contribution in [0, 0.1) is 5.82 Å². The van der Waals surface area contributed by atoms with E-state index in [9.17, 15) is 9.18 Å². The van der Waals surface area contributed by atoms with E-state index in [1.165, 1.54) is 12.1 Å². The second-order valence-corrected chi connectivity index (χ2v) is 8.06. The van der Waals surface area contributed by atoms with Crippen LogP contribution in [0.4, 0.5) is 15.0 Å². The molecular formula is C23H29FN4O3. The number of ether oxygens (including phenoxy) is 2. The number of aromatic nitrogens is 1. The maximum atomic E-state index is 13.3. The van der Waals surface area contributed by atoms with E-state index < -0.39 is 0 Å². The number of urea groups is 1. The summed E-state index contributed by atoms with van der Waals surface area (Å²) in [4.78, 5) is 19.3. The lowest BCUT2D eigenvalue weighted by molar-refractivity contribution is 0.0529. The fourth-order valence-corrected chi connectivity index (χ4v) is 4.04. The van der Waals surface area contributed by atoms with Gasteiger partial charge >= 0.3 is 6.03 Å². The van der Waals surface area contributed by atoms with Gasteiger partial charge in [0.15, 0.2) is 0 Å². The predicted octanol–water partition coefficient (Wildman–Crippen LogP) is 3.17. The standard InChI is InChI=1S/C23H29FN4O3/c1-16-15-28(10-12-30-16)21-9-4-17(13-25-21)14-26-23(29)27-22(20-3-2-11-31-20)18-5-7-19(24)8-6-18/h4-9,13,16,20,22H,2-3,10-12,14-15H2,1H3,(H2,26,27,29). The van der Waals surface area contributed by atoms with Crippen molar-refractivity contribution in [1.29, 1.82) is 0 Å². The summed E-state index contributed by atoms with van der Waals surface area (Å²) in [7, 11) is 0. The minimum atomic E-state index is -0.327. The number of rotatable bonds is 6. The molecule has 4 rings (SSSR count). The van der Waals surface area contributed by atoms with Crippen LogP contribution < -0.4 is 15.5 Å². The van der Waals surface area contributed by atoms with E-state index in [0.29, 0.717) is 19.8 Å². The van der Waals surface area contributed by atoms with Crippen LogP contribution in [0.15, 0.2) is 42.6 Å². The number of nitrogens with zero attached hydrogens (tertiary/aromatic N) is 2. The molecular weight excluding hydrogens is 399 g/mol. The molecule has 0 aliphatic carbocycles. The number of benzene rings is 1. The minimum absolute atomic E-state index is 0.118. The summed E-state index contributed by atoms with van der Waals surface area (Å²) >= 11 is 0. The van der Waals surface area contributed by atoms with E-state index in [4.69, 9.17) is 9.47 Å². The molecule has 2 N–H and O–H groups in total. The highest BCUT2D eigenvalue weighted by molar-refractivity contribution is 5.74. The number of nitrogens with one attached hydrogen (secondary N) is 2. The highest BCUT2D eigenvalue weighted by Crippen LogP contribution is 2.27. The smallest absolute Gasteiger partial charge is 0.315 e. The summed E-state index contributed by atoms with van der Waals surface area (Å²) in [6, 6.07) is 9.51. The molecule has 0 spiro atoms. The van der Waals surface area contributed by atoms with Crippen molar-refractivity contribution in [2.24, 2.45) is 0 Å². The van der Waals surface area contributed by atoms with Crippen molar-refractivity contribution < 1.29 is 18.7 Å². The number of amides is 2. The Labute approximate surface area is 181 Å². The Bertz CT molecular complexity index is 856. The molecule has 7 nitrogen and oxygen atoms in total. The topological polar surface area (TPSA) is 75.7 Å². The highest BCUT2D eigenvalue weighted by atomic mass is 19.1. The minimum Gasteiger partial charge on any atom is -0.376 e. The zero-order valence-corrected chi connectivity index (χ0v) is 17.7. The summed E-state index contributed by atoms with van der Waals surface area (Å²) in [5.41, 5.74) is 1.74. The molecule has 8 heteroatoms. The van der Waals surface area contributed by atoms with Crippen molar-refractivity contribution in [1.82, 2.24) is 15.6 Å². The Kier molecular flexibility index (Phi) is 6.99. The van der Waals surface area contributed by atoms with E-state index in [2.05, 4.69) is 27.4 Å². The third-order valence-electron chi connectivity index (χ3n) is 5.68. The number of pyridine rings is 1. The lowest BCUT2D eigenvalue weighted by Crippen LogP contribution is -2.42. The number of hydrogen-bond donors (Lipinski definition) is 2. The van der Waals surface area contributed by atoms with Crippen molar-refractivity contribution in [2.45, 2.75) is 44.6 Å². The summed E-state index contributed by atoms with van der Waals surface area (Å²) in [6.45, 7) is 5.43. The molecule has 0 radical (unpaired) electrons. The van der Waals surface area contributed by atoms with Crippen molar-refractivity contribution in [2.75, 3.05) is 31.2 Å². The summed E-state index contributed by atoms with van der Waals surface area (Å²) < 4.78 is 24.7. The van der Waals surface area contributed by atoms with Crippen molar-refractivity contribution in [3.63, 3.8) is 0 Å². The van der Waals surface area contributed by atoms with Crippen LogP contribution >= 0.6 is 0 Å². The number of morpholine rings is 1. The van der Waals surface area contributed by atoms with Crippen molar-refractivity contribution >= 4 is 11.8 Å². The van der Waals surface area contributed by atoms with E-state index in [-0.39, 0.29) is 30.1 Å². The molecule has 1 aromatic heterocycles. The number of carbonyl (C=O) groups excluding carboxylic acids is 1. The van der Waals surface area contributed by atoms with Crippen LogP contribution in [0.25, 0.3) is 0 Å². The zero-order chi connectivity index (χ0) is 21.6. The molecule has 2 fully saturated rings. The first-order valence-electron chi connectivity index (χ1n) is 10.8. The molecule has 1 aromatic carbocycles. The first-order chi connectivity index (χ1) is 15.1. The zero-order valence-electron chi connectivity index (χ0n) is 17.7. The SMILES string of the molecule is CC1CN(c2ccc(CNC(=O)NC(c3ccc(F)cc3)C3CCCO3)cn2)CCO1. The Morgan fingerprint density at radius 2 is 2.06 bits per heavy atom. The van der Waals surface area contributed by atoms with Gasteiger partial charge in [-0.25, -0.2) is 14.2 Å². The molecule has 31 heavy (non-hydrogen) atoms. The average Bonchev–Trinajstić information content (AvgIpc) is 3.32. The molecule has 2 aliphatic heterocycles. The fourth-order valence-electron chi connectivity index (χ4n) is 4.04. The summed E-state index contributed by atoms with van der Waals surface area (Å²) in [6.07, 6.45) is 3.67. The molecule has 2 aliphatic rings. The maximum Gasteiger partial charge on any atom is 0.315 e. The Balaban J connectivity index is 1.33. The second kappa shape index (κ2) is 10.1. The van der Waals surface area contributed by atoms with Crippen molar-refractivity contribution in [3.8, 4) is 0 Å². The van der Waals surface area contributed by atoms with Gasteiger partial charge in [-0.05, 0) is 49.1 Å². The molecule has 3 unspecified atom stereocenters. The average molecular weight is 429 g/mol. The van der Waals surface area contributed by atoms with E-state index in [1.807, 2.05) is 12.1 Å². The van der Waals surface area contributed by atoms with Crippen LogP contribution in [0.1, 0.15) is 36.9 Å². The number of halogens is 1. The number of anilines is 1. The van der Waals surface area contributed by atoms with Crippen molar-refractivity contribution in [3.05, 3.63) is 59.5 Å². The molecule has 3 atom stereocenters. The Morgan fingerprint density at radius 1 is 1.23 bits per heavy atom. The van der Waals surface area contributed by atoms with Crippen LogP contribution in [0.5, 0.6) is 0 Å². The first kappa shape index (κ1) is 21.5. The molecule has 0 bridgehead atoms. The molecule has 2 saturated heterocycles. The maximum absolute atomic E-state index is 13.3. The molecule has 0 saturated carbocycles. The normalized spacial score (nSPS) is 22.2. The highest BCUT2D eigenvalue weighted by Gasteiger charge is 2.28. The third-order valence-corrected chi connectivity index (χ3v) is 5.68. The van der Waals surface area contributed by atoms with Crippen LogP contribution in [0.3, 0.4) is 0 Å². The molecule has 166 valence electrons. The third kappa shape index (κ3) is 5.71. The van der Waals surface area contributed by atoms with E-state index in [0.717, 1.165) is 42.9 Å². The number of hydrogen-bond acceptors (Lipinski definition) is 5. The molecule has 2 aromatic rings. The monoisotopic (exact) mass is 428 g/mol. The Morgan fingerprint density at radius 3 is 2.74 bits per heavy atom. The van der Waals surface area contributed by atoms with Gasteiger partial charge in [-0.3, -0.25) is 0 Å². The molecule has 3 heterocycles. The van der Waals surface area contributed by atoms with Gasteiger partial charge in [0, 0.05) is 32.4 Å². The van der Waals surface area contributed by atoms with Gasteiger partial charge in [0.05, 0.1) is 24.9 Å². The van der Waals surface area contributed by atoms with Gasteiger partial charge in [0.2, 0.25) is 0 Å². The fraction of sp³-hybridized carbons (Fsp3) is 0.478. The lowest BCUT2D eigenvalue weighted by atomic mass is 9.99. The predicted molar refractivity (Wildman–Crippen MR) is 115 cm³/mol. The lowest BCUT2D eigenvalue weighted by Gasteiger charge is -2.32. The number of carbonyl (C=O) groups is 1. The van der Waals surface area contributed by atoms with Gasteiger partial charge in [-0.2, -0.15) is 0 Å². The summed E-state index contributed by atoms with van der Waals surface area (Å²) in [5, 5.41) is 5.88. The van der Waals surface area contributed by atoms with Crippen LogP contribution in [-0.2, 0) is 16.0 Å². The Hall–Kier alpha value is -2.71. The van der Waals surface area contributed by atoms with E-state index in [1.54, 1.807) is 18.3 Å². The quantitative estimate of drug-likeness (QED) is 0.739. The molecule has 2 amide bonds. The van der Waals surface area contributed by atoms with Gasteiger partial charge in [0.1, 0.15) is 11.6 Å². The van der Waals surface area contributed by atoms with Crippen LogP contribution in [0.2, 0.25) is 0 Å². The van der Waals surface area contributed by atoms with Gasteiger partial charge in [0.25, 0.3) is 0 Å². The van der Waals surface area contributed by atoms with E-state index >= 15 is 0 Å². The second-order valence-electron chi connectivity index (χ2n) is 8.06. The van der Waals surface area contributed by atoms with Gasteiger partial charge < -0.3 is 25.0 Å². The first-order valence-corrected chi connectivity index (χ1v) is 10.8.